The molecule has 2 amide bonds. The van der Waals surface area contributed by atoms with E-state index >= 15 is 0 Å². The van der Waals surface area contributed by atoms with Crippen LogP contribution in [0.2, 0.25) is 5.02 Å². The van der Waals surface area contributed by atoms with E-state index in [9.17, 15) is 23.6 Å². The maximum Gasteiger partial charge on any atom is 0.328 e. The molecule has 0 saturated carbocycles. The molecule has 1 aromatic carbocycles. The van der Waals surface area contributed by atoms with Gasteiger partial charge in [-0.05, 0) is 44.7 Å². The van der Waals surface area contributed by atoms with Crippen LogP contribution >= 0.6 is 11.6 Å². The molecule has 0 radical (unpaired) electrons. The van der Waals surface area contributed by atoms with Gasteiger partial charge in [-0.1, -0.05) is 11.6 Å². The van der Waals surface area contributed by atoms with Gasteiger partial charge in [-0.3, -0.25) is 14.4 Å². The van der Waals surface area contributed by atoms with E-state index in [0.717, 1.165) is 23.8 Å². The van der Waals surface area contributed by atoms with Gasteiger partial charge in [0.05, 0.1) is 29.6 Å². The highest BCUT2D eigenvalue weighted by Crippen LogP contribution is 2.39. The van der Waals surface area contributed by atoms with Crippen LogP contribution in [-0.2, 0) is 33.4 Å². The number of rotatable bonds is 6. The Balaban J connectivity index is 1.49. The molecule has 11 heteroatoms. The summed E-state index contributed by atoms with van der Waals surface area (Å²) < 4.78 is 30.5. The number of nitrogens with zero attached hydrogens (tertiary/aromatic N) is 1. The molecule has 1 aliphatic carbocycles. The average Bonchev–Trinajstić information content (AvgIpc) is 3.31. The van der Waals surface area contributed by atoms with Crippen LogP contribution in [0, 0.1) is 5.82 Å². The summed E-state index contributed by atoms with van der Waals surface area (Å²) in [5.74, 6) is -3.09. The van der Waals surface area contributed by atoms with E-state index in [4.69, 9.17) is 25.8 Å². The topological polar surface area (TPSA) is 111 Å². The van der Waals surface area contributed by atoms with E-state index in [-0.39, 0.29) is 29.6 Å². The Hall–Kier alpha value is -2.98. The Morgan fingerprint density at radius 1 is 1.12 bits per heavy atom. The van der Waals surface area contributed by atoms with Gasteiger partial charge in [-0.15, -0.1) is 0 Å². The van der Waals surface area contributed by atoms with Gasteiger partial charge >= 0.3 is 11.9 Å². The lowest BCUT2D eigenvalue weighted by Crippen LogP contribution is -2.38. The molecule has 0 aromatic heterocycles. The van der Waals surface area contributed by atoms with Crippen molar-refractivity contribution in [3.63, 3.8) is 0 Å². The molecule has 3 atom stereocenters. The number of hydrogen-bond acceptors (Lipinski definition) is 8. The molecule has 2 heterocycles. The molecule has 3 unspecified atom stereocenters. The molecule has 34 heavy (non-hydrogen) atoms. The number of hydrogen-bond donors (Lipinski definition) is 1. The maximum absolute atomic E-state index is 14.8. The third-order valence-electron chi connectivity index (χ3n) is 5.96. The van der Waals surface area contributed by atoms with E-state index in [1.165, 1.54) is 19.9 Å². The van der Waals surface area contributed by atoms with Gasteiger partial charge in [0, 0.05) is 18.1 Å². The second-order valence-electron chi connectivity index (χ2n) is 8.42. The summed E-state index contributed by atoms with van der Waals surface area (Å²) in [5, 5.41) is 2.80. The zero-order valence-corrected chi connectivity index (χ0v) is 19.4. The first-order chi connectivity index (χ1) is 16.2. The molecule has 1 N–H and O–H groups in total. The molecular weight excluding hydrogens is 471 g/mol. The predicted octanol–water partition coefficient (Wildman–Crippen LogP) is 2.90. The summed E-state index contributed by atoms with van der Waals surface area (Å²) in [7, 11) is 0. The van der Waals surface area contributed by atoms with Gasteiger partial charge in [0.2, 0.25) is 0 Å². The Bertz CT molecular complexity index is 1060. The first-order valence-electron chi connectivity index (χ1n) is 11.0. The zero-order chi connectivity index (χ0) is 24.6. The molecule has 2 aliphatic heterocycles. The van der Waals surface area contributed by atoms with Crippen LogP contribution < -0.4 is 10.2 Å². The fourth-order valence-corrected chi connectivity index (χ4v) is 4.47. The number of esters is 2. The van der Waals surface area contributed by atoms with Crippen molar-refractivity contribution in [3.8, 4) is 0 Å². The molecule has 1 aromatic rings. The van der Waals surface area contributed by atoms with Crippen molar-refractivity contribution in [1.82, 2.24) is 0 Å². The molecule has 3 aliphatic rings. The summed E-state index contributed by atoms with van der Waals surface area (Å²) in [4.78, 5) is 50.3. The minimum Gasteiger partial charge on any atom is -0.456 e. The van der Waals surface area contributed by atoms with Crippen molar-refractivity contribution in [2.75, 3.05) is 23.4 Å². The molecule has 9 nitrogen and oxygen atoms in total. The second-order valence-corrected chi connectivity index (χ2v) is 8.83. The minimum absolute atomic E-state index is 0.0419. The number of carbonyl (C=O) groups is 4. The molecule has 0 spiro atoms. The second kappa shape index (κ2) is 9.71. The normalized spacial score (nSPS) is 23.1. The Kier molecular flexibility index (Phi) is 6.90. The quantitative estimate of drug-likeness (QED) is 0.474. The van der Waals surface area contributed by atoms with Crippen LogP contribution in [0.4, 0.5) is 15.8 Å². The number of imide groups is 1. The van der Waals surface area contributed by atoms with E-state index in [1.54, 1.807) is 0 Å². The number of nitrogens with one attached hydrogen (secondary N) is 1. The van der Waals surface area contributed by atoms with Gasteiger partial charge in [0.15, 0.2) is 12.2 Å². The first kappa shape index (κ1) is 24.2. The highest BCUT2D eigenvalue weighted by Gasteiger charge is 2.41. The summed E-state index contributed by atoms with van der Waals surface area (Å²) >= 11 is 6.17. The Labute approximate surface area is 200 Å². The number of anilines is 2. The van der Waals surface area contributed by atoms with E-state index < -0.39 is 47.8 Å². The molecule has 182 valence electrons. The van der Waals surface area contributed by atoms with Gasteiger partial charge in [0.1, 0.15) is 11.9 Å². The van der Waals surface area contributed by atoms with E-state index in [1.807, 2.05) is 0 Å². The van der Waals surface area contributed by atoms with E-state index in [2.05, 4.69) is 5.32 Å². The number of halogens is 2. The van der Waals surface area contributed by atoms with Crippen LogP contribution in [0.15, 0.2) is 23.3 Å². The summed E-state index contributed by atoms with van der Waals surface area (Å²) in [5.41, 5.74) is 0.763. The summed E-state index contributed by atoms with van der Waals surface area (Å²) in [6.07, 6.45) is 1.09. The standard InChI is InChI=1S/C23H24ClFN2O7/c1-11(23(31)34-20-10-32-9-19(20)33-12(2)28)26-17-8-18(16(25)7-15(17)24)27-21(29)13-5-3-4-6-14(13)22(27)30/h7-8,11,19-20,26H,3-6,9-10H2,1-2H3. The molecule has 0 bridgehead atoms. The van der Waals surface area contributed by atoms with Crippen molar-refractivity contribution in [1.29, 1.82) is 0 Å². The van der Waals surface area contributed by atoms with Crippen molar-refractivity contribution < 1.29 is 37.8 Å². The highest BCUT2D eigenvalue weighted by molar-refractivity contribution is 6.35. The zero-order valence-electron chi connectivity index (χ0n) is 18.7. The smallest absolute Gasteiger partial charge is 0.328 e. The third kappa shape index (κ3) is 4.65. The van der Waals surface area contributed by atoms with Gasteiger partial charge in [-0.2, -0.15) is 0 Å². The van der Waals surface area contributed by atoms with Crippen molar-refractivity contribution >= 4 is 46.7 Å². The van der Waals surface area contributed by atoms with Crippen LogP contribution in [0.5, 0.6) is 0 Å². The fraction of sp³-hybridized carbons (Fsp3) is 0.478. The van der Waals surface area contributed by atoms with E-state index in [0.29, 0.717) is 24.0 Å². The third-order valence-corrected chi connectivity index (χ3v) is 6.27. The van der Waals surface area contributed by atoms with Crippen LogP contribution in [0.1, 0.15) is 39.5 Å². The lowest BCUT2D eigenvalue weighted by atomic mass is 9.93. The monoisotopic (exact) mass is 494 g/mol. The fourth-order valence-electron chi connectivity index (χ4n) is 4.27. The SMILES string of the molecule is CC(=O)OC1COCC1OC(=O)C(C)Nc1cc(N2C(=O)C3=C(CCCC3)C2=O)c(F)cc1Cl. The lowest BCUT2D eigenvalue weighted by molar-refractivity contribution is -0.162. The van der Waals surface area contributed by atoms with Crippen molar-refractivity contribution in [2.45, 2.75) is 57.8 Å². The minimum atomic E-state index is -0.939. The lowest BCUT2D eigenvalue weighted by Gasteiger charge is -2.22. The number of benzene rings is 1. The Morgan fingerprint density at radius 3 is 2.29 bits per heavy atom. The average molecular weight is 495 g/mol. The van der Waals surface area contributed by atoms with Gasteiger partial charge < -0.3 is 19.5 Å². The van der Waals surface area contributed by atoms with Crippen molar-refractivity contribution in [2.24, 2.45) is 0 Å². The number of amides is 2. The van der Waals surface area contributed by atoms with Crippen molar-refractivity contribution in [3.05, 3.63) is 34.1 Å². The van der Waals surface area contributed by atoms with Crippen LogP contribution in [-0.4, -0.2) is 55.2 Å². The molecule has 1 fully saturated rings. The van der Waals surface area contributed by atoms with Crippen LogP contribution in [0.3, 0.4) is 0 Å². The molecular formula is C23H24ClFN2O7. The number of ether oxygens (including phenoxy) is 3. The highest BCUT2D eigenvalue weighted by atomic mass is 35.5. The predicted molar refractivity (Wildman–Crippen MR) is 119 cm³/mol. The van der Waals surface area contributed by atoms with Gasteiger partial charge in [-0.25, -0.2) is 14.1 Å². The Morgan fingerprint density at radius 2 is 1.71 bits per heavy atom. The largest absolute Gasteiger partial charge is 0.456 e. The first-order valence-corrected chi connectivity index (χ1v) is 11.4. The molecule has 1 saturated heterocycles. The summed E-state index contributed by atoms with van der Waals surface area (Å²) in [6, 6.07) is 1.28. The molecule has 4 rings (SSSR count). The summed E-state index contributed by atoms with van der Waals surface area (Å²) in [6.45, 7) is 2.94. The maximum atomic E-state index is 14.8. The number of carbonyl (C=O) groups excluding carboxylic acids is 4. The van der Waals surface area contributed by atoms with Crippen LogP contribution in [0.25, 0.3) is 0 Å². The van der Waals surface area contributed by atoms with Gasteiger partial charge in [0.25, 0.3) is 11.8 Å².